The normalized spacial score (nSPS) is 10.4. The Bertz CT molecular complexity index is 1060. The molecule has 0 bridgehead atoms. The second-order valence-corrected chi connectivity index (χ2v) is 7.37. The van der Waals surface area contributed by atoms with Crippen LogP contribution in [0.3, 0.4) is 0 Å². The number of carbonyl (C=O) groups is 1. The zero-order valence-corrected chi connectivity index (χ0v) is 17.5. The molecule has 6 nitrogen and oxygen atoms in total. The first-order valence-corrected chi connectivity index (χ1v) is 10.0. The average Bonchev–Trinajstić information content (AvgIpc) is 2.74. The highest BCUT2D eigenvalue weighted by Crippen LogP contribution is 2.22. The highest BCUT2D eigenvalue weighted by molar-refractivity contribution is 6.31. The van der Waals surface area contributed by atoms with Crippen molar-refractivity contribution in [1.29, 1.82) is 5.26 Å². The van der Waals surface area contributed by atoms with Crippen LogP contribution in [0.2, 0.25) is 10.0 Å². The molecule has 0 unspecified atom stereocenters. The average molecular weight is 440 g/mol. The van der Waals surface area contributed by atoms with Crippen molar-refractivity contribution in [2.75, 3.05) is 11.9 Å². The van der Waals surface area contributed by atoms with E-state index in [1.165, 1.54) is 12.4 Å². The molecular formula is C22H19Cl2N5O. The van der Waals surface area contributed by atoms with Crippen LogP contribution in [0.15, 0.2) is 54.9 Å². The van der Waals surface area contributed by atoms with E-state index in [9.17, 15) is 4.79 Å². The Morgan fingerprint density at radius 3 is 2.57 bits per heavy atom. The van der Waals surface area contributed by atoms with Crippen LogP contribution >= 0.6 is 23.2 Å². The van der Waals surface area contributed by atoms with Gasteiger partial charge in [0.25, 0.3) is 0 Å². The third-order valence-corrected chi connectivity index (χ3v) is 5.06. The van der Waals surface area contributed by atoms with Crippen LogP contribution < -0.4 is 10.6 Å². The highest BCUT2D eigenvalue weighted by Gasteiger charge is 2.08. The molecule has 8 heteroatoms. The van der Waals surface area contributed by atoms with Crippen LogP contribution in [0.1, 0.15) is 22.5 Å². The fourth-order valence-corrected chi connectivity index (χ4v) is 3.27. The maximum absolute atomic E-state index is 12.2. The molecule has 3 rings (SSSR count). The quantitative estimate of drug-likeness (QED) is 0.513. The van der Waals surface area contributed by atoms with Crippen molar-refractivity contribution in [2.45, 2.75) is 19.4 Å². The zero-order valence-electron chi connectivity index (χ0n) is 16.0. The molecule has 0 fully saturated rings. The van der Waals surface area contributed by atoms with Gasteiger partial charge in [-0.05, 0) is 42.3 Å². The lowest BCUT2D eigenvalue weighted by Crippen LogP contribution is -2.17. The largest absolute Gasteiger partial charge is 0.326 e. The van der Waals surface area contributed by atoms with E-state index in [-0.39, 0.29) is 18.0 Å². The van der Waals surface area contributed by atoms with E-state index < -0.39 is 0 Å². The Morgan fingerprint density at radius 2 is 1.87 bits per heavy atom. The minimum atomic E-state index is -0.237. The van der Waals surface area contributed by atoms with Crippen molar-refractivity contribution in [3.05, 3.63) is 87.4 Å². The first-order valence-electron chi connectivity index (χ1n) is 9.28. The summed E-state index contributed by atoms with van der Waals surface area (Å²) in [6, 6.07) is 15.1. The van der Waals surface area contributed by atoms with E-state index in [2.05, 4.69) is 20.6 Å². The molecule has 0 spiro atoms. The van der Waals surface area contributed by atoms with Gasteiger partial charge in [0.15, 0.2) is 5.69 Å². The minimum Gasteiger partial charge on any atom is -0.326 e. The fourth-order valence-electron chi connectivity index (χ4n) is 2.79. The van der Waals surface area contributed by atoms with Crippen LogP contribution in [-0.2, 0) is 24.2 Å². The molecule has 0 radical (unpaired) electrons. The third-order valence-electron chi connectivity index (χ3n) is 4.34. The summed E-state index contributed by atoms with van der Waals surface area (Å²) in [6.07, 6.45) is 3.57. The molecule has 0 saturated carbocycles. The number of rotatable bonds is 8. The van der Waals surface area contributed by atoms with Gasteiger partial charge in [0.2, 0.25) is 5.91 Å². The maximum Gasteiger partial charge on any atom is 0.230 e. The van der Waals surface area contributed by atoms with Gasteiger partial charge in [-0.25, -0.2) is 4.98 Å². The molecule has 30 heavy (non-hydrogen) atoms. The Morgan fingerprint density at radius 1 is 1.03 bits per heavy atom. The first-order chi connectivity index (χ1) is 14.5. The molecule has 0 saturated heterocycles. The number of nitrogens with zero attached hydrogens (tertiary/aromatic N) is 3. The second-order valence-electron chi connectivity index (χ2n) is 6.55. The molecule has 2 aromatic carbocycles. The molecule has 1 aromatic heterocycles. The summed E-state index contributed by atoms with van der Waals surface area (Å²) in [5, 5.41) is 16.2. The highest BCUT2D eigenvalue weighted by atomic mass is 35.5. The molecule has 152 valence electrons. The predicted molar refractivity (Wildman–Crippen MR) is 117 cm³/mol. The molecule has 0 atom stereocenters. The molecule has 1 heterocycles. The van der Waals surface area contributed by atoms with E-state index in [1.807, 2.05) is 42.5 Å². The van der Waals surface area contributed by atoms with Crippen LogP contribution in [0.4, 0.5) is 5.69 Å². The van der Waals surface area contributed by atoms with Gasteiger partial charge >= 0.3 is 0 Å². The summed E-state index contributed by atoms with van der Waals surface area (Å²) < 4.78 is 0. The van der Waals surface area contributed by atoms with Gasteiger partial charge in [0.05, 0.1) is 24.5 Å². The van der Waals surface area contributed by atoms with Gasteiger partial charge in [-0.2, -0.15) is 5.26 Å². The zero-order chi connectivity index (χ0) is 21.3. The summed E-state index contributed by atoms with van der Waals surface area (Å²) in [4.78, 5) is 20.1. The van der Waals surface area contributed by atoms with Crippen molar-refractivity contribution in [3.63, 3.8) is 0 Å². The Kier molecular flexibility index (Phi) is 7.75. The number of anilines is 1. The SMILES string of the molecule is N#Cc1cnc(CC(=O)Nc2ccc(CCNCc3ccccc3Cl)c(Cl)c2)cn1. The van der Waals surface area contributed by atoms with Gasteiger partial charge < -0.3 is 10.6 Å². The van der Waals surface area contributed by atoms with Gasteiger partial charge in [0, 0.05) is 22.3 Å². The fraction of sp³-hybridized carbons (Fsp3) is 0.182. The van der Waals surface area contributed by atoms with Crippen LogP contribution in [0.25, 0.3) is 0 Å². The summed E-state index contributed by atoms with van der Waals surface area (Å²) in [5.74, 6) is -0.237. The number of amides is 1. The van der Waals surface area contributed by atoms with Crippen molar-refractivity contribution < 1.29 is 4.79 Å². The van der Waals surface area contributed by atoms with E-state index in [4.69, 9.17) is 28.5 Å². The second kappa shape index (κ2) is 10.7. The van der Waals surface area contributed by atoms with Crippen LogP contribution in [0.5, 0.6) is 0 Å². The summed E-state index contributed by atoms with van der Waals surface area (Å²) in [7, 11) is 0. The number of hydrogen-bond donors (Lipinski definition) is 2. The van der Waals surface area contributed by atoms with Gasteiger partial charge in [-0.15, -0.1) is 0 Å². The standard InChI is InChI=1S/C22H19Cl2N5O/c23-20-4-2-1-3-16(20)12-26-8-7-15-5-6-17(9-21(15)24)29-22(30)10-18-13-28-19(11-25)14-27-18/h1-6,9,13-14,26H,7-8,10,12H2,(H,29,30). The number of nitrogens with one attached hydrogen (secondary N) is 2. The van der Waals surface area contributed by atoms with Gasteiger partial charge in [-0.1, -0.05) is 47.5 Å². The van der Waals surface area contributed by atoms with E-state index in [1.54, 1.807) is 6.07 Å². The Labute approximate surface area is 184 Å². The Hall–Kier alpha value is -2.98. The summed E-state index contributed by atoms with van der Waals surface area (Å²) in [5.41, 5.74) is 3.34. The number of aromatic nitrogens is 2. The minimum absolute atomic E-state index is 0.0596. The number of hydrogen-bond acceptors (Lipinski definition) is 5. The smallest absolute Gasteiger partial charge is 0.230 e. The lowest BCUT2D eigenvalue weighted by molar-refractivity contribution is -0.115. The summed E-state index contributed by atoms with van der Waals surface area (Å²) in [6.45, 7) is 1.43. The van der Waals surface area contributed by atoms with E-state index in [0.29, 0.717) is 22.9 Å². The lowest BCUT2D eigenvalue weighted by atomic mass is 10.1. The van der Waals surface area contributed by atoms with Crippen LogP contribution in [-0.4, -0.2) is 22.4 Å². The van der Waals surface area contributed by atoms with E-state index >= 15 is 0 Å². The maximum atomic E-state index is 12.2. The first kappa shape index (κ1) is 21.7. The molecular weight excluding hydrogens is 421 g/mol. The number of nitriles is 1. The number of carbonyl (C=O) groups excluding carboxylic acids is 1. The Balaban J connectivity index is 1.48. The molecule has 0 aliphatic heterocycles. The summed E-state index contributed by atoms with van der Waals surface area (Å²) >= 11 is 12.5. The van der Waals surface area contributed by atoms with Gasteiger partial charge in [-0.3, -0.25) is 9.78 Å². The molecule has 0 aliphatic carbocycles. The molecule has 1 amide bonds. The van der Waals surface area contributed by atoms with Crippen molar-refractivity contribution >= 4 is 34.8 Å². The lowest BCUT2D eigenvalue weighted by Gasteiger charge is -2.10. The molecule has 0 aliphatic rings. The number of benzene rings is 2. The predicted octanol–water partition coefficient (Wildman–Crippen LogP) is 4.17. The molecule has 3 aromatic rings. The van der Waals surface area contributed by atoms with Crippen molar-refractivity contribution in [2.24, 2.45) is 0 Å². The molecule has 2 N–H and O–H groups in total. The van der Waals surface area contributed by atoms with Gasteiger partial charge in [0.1, 0.15) is 6.07 Å². The van der Waals surface area contributed by atoms with Crippen molar-refractivity contribution in [1.82, 2.24) is 15.3 Å². The third kappa shape index (κ3) is 6.26. The topological polar surface area (TPSA) is 90.7 Å². The van der Waals surface area contributed by atoms with Crippen LogP contribution in [0, 0.1) is 11.3 Å². The monoisotopic (exact) mass is 439 g/mol. The van der Waals surface area contributed by atoms with Crippen molar-refractivity contribution in [3.8, 4) is 6.07 Å². The number of halogens is 2. The van der Waals surface area contributed by atoms with E-state index in [0.717, 1.165) is 29.1 Å².